The van der Waals surface area contributed by atoms with Crippen LogP contribution in [0.15, 0.2) is 0 Å². The summed E-state index contributed by atoms with van der Waals surface area (Å²) >= 11 is 0. The summed E-state index contributed by atoms with van der Waals surface area (Å²) in [6.45, 7) is -0.774. The van der Waals surface area contributed by atoms with E-state index in [1.165, 1.54) is 0 Å². The first-order valence-electron chi connectivity index (χ1n) is 2.28. The maximum absolute atomic E-state index is 8.50. The molecule has 0 bridgehead atoms. The molecule has 0 amide bonds. The molecule has 0 spiro atoms. The van der Waals surface area contributed by atoms with Crippen LogP contribution in [0, 0.1) is 0 Å². The van der Waals surface area contributed by atoms with Crippen molar-refractivity contribution in [3.8, 4) is 0 Å². The number of hydrogen-bond donors (Lipinski definition) is 3. The normalized spacial score (nSPS) is 12.3. The zero-order chi connectivity index (χ0) is 6.41. The molecule has 0 rings (SSSR count). The summed E-state index contributed by atoms with van der Waals surface area (Å²) in [6.07, 6.45) is -0.873. The number of ether oxygens (including phenoxy) is 1. The molecule has 0 fully saturated rings. The Labute approximate surface area is 83.4 Å². The molecule has 0 saturated heterocycles. The van der Waals surface area contributed by atoms with Crippen LogP contribution in [-0.4, -0.2) is 79.2 Å². The molecular weight excluding hydrogens is 152 g/mol. The third-order valence-electron chi connectivity index (χ3n) is 0.612. The van der Waals surface area contributed by atoms with E-state index >= 15 is 0 Å². The van der Waals surface area contributed by atoms with Crippen molar-refractivity contribution in [1.29, 1.82) is 0 Å². The Morgan fingerprint density at radius 2 is 1.89 bits per heavy atom. The van der Waals surface area contributed by atoms with Crippen LogP contribution in [0.4, 0.5) is 0 Å². The molecular formula is C4H12CaO4. The topological polar surface area (TPSA) is 69.9 Å². The van der Waals surface area contributed by atoms with Gasteiger partial charge in [0.15, 0.2) is 0 Å². The monoisotopic (exact) mass is 164 g/mol. The molecule has 1 atom stereocenters. The molecule has 0 radical (unpaired) electrons. The molecule has 0 aromatic rings. The Bertz CT molecular complexity index is 51.8. The molecule has 3 N–H and O–H groups in total. The summed E-state index contributed by atoms with van der Waals surface area (Å²) in [6, 6.07) is 0. The Morgan fingerprint density at radius 1 is 1.33 bits per heavy atom. The molecule has 0 aliphatic heterocycles. The predicted molar refractivity (Wildman–Crippen MR) is 34.7 cm³/mol. The molecule has 0 aliphatic carbocycles. The van der Waals surface area contributed by atoms with E-state index in [1.807, 2.05) is 0 Å². The molecule has 0 aromatic heterocycles. The summed E-state index contributed by atoms with van der Waals surface area (Å²) in [7, 11) is 0. The predicted octanol–water partition coefficient (Wildman–Crippen LogP) is -2.61. The van der Waals surface area contributed by atoms with E-state index < -0.39 is 12.9 Å². The summed E-state index contributed by atoms with van der Waals surface area (Å²) < 4.78 is 4.33. The number of rotatable bonds is 4. The van der Waals surface area contributed by atoms with Crippen LogP contribution in [0.1, 0.15) is 0 Å². The summed E-state index contributed by atoms with van der Waals surface area (Å²) in [5, 5.41) is 24.6. The minimum atomic E-state index is -0.873. The summed E-state index contributed by atoms with van der Waals surface area (Å²) in [5.74, 6) is 0. The van der Waals surface area contributed by atoms with Gasteiger partial charge in [-0.15, -0.1) is 0 Å². The van der Waals surface area contributed by atoms with E-state index in [0.29, 0.717) is 0 Å². The molecule has 4 nitrogen and oxygen atoms in total. The van der Waals surface area contributed by atoms with Crippen molar-refractivity contribution >= 4 is 37.7 Å². The first-order valence-corrected chi connectivity index (χ1v) is 2.28. The van der Waals surface area contributed by atoms with Crippen molar-refractivity contribution < 1.29 is 20.1 Å². The molecule has 5 heteroatoms. The average molecular weight is 164 g/mol. The fraction of sp³-hybridized carbons (Fsp3) is 1.00. The van der Waals surface area contributed by atoms with Gasteiger partial charge in [0, 0.05) is 0 Å². The second-order valence-electron chi connectivity index (χ2n) is 1.34. The second kappa shape index (κ2) is 9.10. The van der Waals surface area contributed by atoms with Gasteiger partial charge >= 0.3 is 37.7 Å². The fourth-order valence-electron chi connectivity index (χ4n) is 0.241. The number of hydrogen-bond acceptors (Lipinski definition) is 4. The molecule has 0 aromatic carbocycles. The van der Waals surface area contributed by atoms with Gasteiger partial charge < -0.3 is 20.1 Å². The van der Waals surface area contributed by atoms with Crippen LogP contribution in [-0.2, 0) is 4.74 Å². The van der Waals surface area contributed by atoms with Gasteiger partial charge in [-0.1, -0.05) is 0 Å². The van der Waals surface area contributed by atoms with Crippen molar-refractivity contribution in [2.24, 2.45) is 0 Å². The first-order chi connectivity index (χ1) is 3.81. The van der Waals surface area contributed by atoms with Crippen LogP contribution < -0.4 is 0 Å². The molecule has 9 heavy (non-hydrogen) atoms. The second-order valence-corrected chi connectivity index (χ2v) is 1.34. The molecule has 54 valence electrons. The third kappa shape index (κ3) is 9.10. The standard InChI is InChI=1S/C4H10O4.Ca.2H/c5-1-4(7)2-8-3-6;;;/h4-7H,1-3H2;;;. The SMILES string of the molecule is OCOCC(O)CO.[CaH2]. The van der Waals surface area contributed by atoms with Crippen LogP contribution in [0.2, 0.25) is 0 Å². The quantitative estimate of drug-likeness (QED) is 0.314. The van der Waals surface area contributed by atoms with Crippen LogP contribution >= 0.6 is 0 Å². The summed E-state index contributed by atoms with van der Waals surface area (Å²) in [5.41, 5.74) is 0. The average Bonchev–Trinajstić information content (AvgIpc) is 1.83. The van der Waals surface area contributed by atoms with Crippen molar-refractivity contribution in [1.82, 2.24) is 0 Å². The molecule has 0 aliphatic rings. The van der Waals surface area contributed by atoms with Crippen molar-refractivity contribution in [2.45, 2.75) is 6.10 Å². The Kier molecular flexibility index (Phi) is 12.9. The van der Waals surface area contributed by atoms with Crippen molar-refractivity contribution in [2.75, 3.05) is 20.0 Å². The van der Waals surface area contributed by atoms with Crippen LogP contribution in [0.5, 0.6) is 0 Å². The van der Waals surface area contributed by atoms with E-state index in [4.69, 9.17) is 15.3 Å². The molecule has 1 unspecified atom stereocenters. The van der Waals surface area contributed by atoms with E-state index in [0.717, 1.165) is 0 Å². The van der Waals surface area contributed by atoms with Gasteiger partial charge in [0.25, 0.3) is 0 Å². The molecule has 0 heterocycles. The number of aliphatic hydroxyl groups is 3. The number of aliphatic hydroxyl groups excluding tert-OH is 3. The summed E-state index contributed by atoms with van der Waals surface area (Å²) in [4.78, 5) is 0. The minimum absolute atomic E-state index is 0. The van der Waals surface area contributed by atoms with E-state index in [-0.39, 0.29) is 51.0 Å². The van der Waals surface area contributed by atoms with E-state index in [2.05, 4.69) is 4.74 Å². The van der Waals surface area contributed by atoms with Gasteiger partial charge in [0.05, 0.1) is 13.2 Å². The Morgan fingerprint density at radius 3 is 2.22 bits per heavy atom. The zero-order valence-corrected chi connectivity index (χ0v) is 4.45. The first kappa shape index (κ1) is 12.7. The zero-order valence-electron chi connectivity index (χ0n) is 4.45. The molecule has 0 saturated carbocycles. The third-order valence-corrected chi connectivity index (χ3v) is 0.612. The van der Waals surface area contributed by atoms with Crippen LogP contribution in [0.3, 0.4) is 0 Å². The van der Waals surface area contributed by atoms with Gasteiger partial charge in [-0.25, -0.2) is 0 Å². The van der Waals surface area contributed by atoms with Gasteiger partial charge in [0.1, 0.15) is 12.9 Å². The van der Waals surface area contributed by atoms with Gasteiger partial charge in [-0.2, -0.15) is 0 Å². The fourth-order valence-corrected chi connectivity index (χ4v) is 0.241. The Hall–Kier alpha value is 1.10. The van der Waals surface area contributed by atoms with Gasteiger partial charge in [0.2, 0.25) is 0 Å². The van der Waals surface area contributed by atoms with E-state index in [1.54, 1.807) is 0 Å². The van der Waals surface area contributed by atoms with Crippen molar-refractivity contribution in [3.63, 3.8) is 0 Å². The maximum atomic E-state index is 8.50. The Balaban J connectivity index is 0. The van der Waals surface area contributed by atoms with E-state index in [9.17, 15) is 0 Å². The van der Waals surface area contributed by atoms with Crippen molar-refractivity contribution in [3.05, 3.63) is 0 Å². The van der Waals surface area contributed by atoms with Crippen LogP contribution in [0.25, 0.3) is 0 Å². The van der Waals surface area contributed by atoms with Gasteiger partial charge in [-0.3, -0.25) is 0 Å². The van der Waals surface area contributed by atoms with Gasteiger partial charge in [-0.05, 0) is 0 Å².